The zero-order valence-electron chi connectivity index (χ0n) is 11.8. The van der Waals surface area contributed by atoms with Gasteiger partial charge in [0.05, 0.1) is 0 Å². The number of hydrogen-bond acceptors (Lipinski definition) is 1. The summed E-state index contributed by atoms with van der Waals surface area (Å²) in [7, 11) is 0. The summed E-state index contributed by atoms with van der Waals surface area (Å²) in [5.41, 5.74) is 5.00. The van der Waals surface area contributed by atoms with Gasteiger partial charge in [0, 0.05) is 5.56 Å². The second-order valence-corrected chi connectivity index (χ2v) is 5.04. The van der Waals surface area contributed by atoms with E-state index in [2.05, 4.69) is 52.5 Å². The Morgan fingerprint density at radius 1 is 1.11 bits per heavy atom. The number of rotatable bonds is 3. The van der Waals surface area contributed by atoms with Crippen molar-refractivity contribution in [2.45, 2.75) is 40.3 Å². The lowest BCUT2D eigenvalue weighted by atomic mass is 9.41. The Morgan fingerprint density at radius 2 is 1.78 bits per heavy atom. The first-order valence-corrected chi connectivity index (χ1v) is 6.77. The average molecular weight is 240 g/mol. The minimum absolute atomic E-state index is 0.625. The Hall–Kier alpha value is -1.44. The van der Waals surface area contributed by atoms with E-state index in [1.807, 2.05) is 0 Å². The Balaban J connectivity index is 2.46. The molecule has 0 amide bonds. The minimum Gasteiger partial charge on any atom is -0.457 e. The second-order valence-electron chi connectivity index (χ2n) is 5.04. The summed E-state index contributed by atoms with van der Waals surface area (Å²) in [6, 6.07) is 6.62. The molecule has 1 aliphatic rings. The molecule has 0 bridgehead atoms. The fraction of sp³-hybridized carbons (Fsp3) is 0.375. The first-order chi connectivity index (χ1) is 8.58. The van der Waals surface area contributed by atoms with Crippen molar-refractivity contribution in [2.24, 2.45) is 0 Å². The van der Waals surface area contributed by atoms with Crippen LogP contribution in [0, 0.1) is 0 Å². The number of hydrogen-bond donors (Lipinski definition) is 0. The van der Waals surface area contributed by atoms with Gasteiger partial charge < -0.3 is 4.74 Å². The van der Waals surface area contributed by atoms with E-state index in [0.29, 0.717) is 6.71 Å². The summed E-state index contributed by atoms with van der Waals surface area (Å²) < 4.78 is 5.84. The standard InChI is InChI=1S/C16H21BO/c1-6-17(7-2)14-8-9-15-12(4)11(3)13(5)18-16(15)10-14/h8-10H,5-7H2,1-4H3. The molecule has 0 saturated carbocycles. The molecule has 94 valence electrons. The molecule has 1 nitrogen and oxygen atoms in total. The van der Waals surface area contributed by atoms with Crippen LogP contribution in [0.2, 0.25) is 12.6 Å². The Labute approximate surface area is 111 Å². The number of allylic oxidation sites excluding steroid dienone is 2. The lowest BCUT2D eigenvalue weighted by Gasteiger charge is -2.23. The van der Waals surface area contributed by atoms with Crippen molar-refractivity contribution in [2.75, 3.05) is 0 Å². The van der Waals surface area contributed by atoms with Gasteiger partial charge in [-0.3, -0.25) is 0 Å². The van der Waals surface area contributed by atoms with E-state index in [4.69, 9.17) is 4.74 Å². The molecule has 0 atom stereocenters. The fourth-order valence-corrected chi connectivity index (χ4v) is 2.57. The molecule has 1 heterocycles. The van der Waals surface area contributed by atoms with Crippen LogP contribution in [0.15, 0.2) is 36.1 Å². The third-order valence-electron chi connectivity index (χ3n) is 4.08. The summed E-state index contributed by atoms with van der Waals surface area (Å²) >= 11 is 0. The molecule has 0 spiro atoms. The van der Waals surface area contributed by atoms with Crippen LogP contribution in [-0.4, -0.2) is 6.71 Å². The third kappa shape index (κ3) is 2.12. The van der Waals surface area contributed by atoms with E-state index in [0.717, 1.165) is 17.1 Å². The van der Waals surface area contributed by atoms with E-state index < -0.39 is 0 Å². The molecular formula is C16H21BO. The molecule has 0 radical (unpaired) electrons. The van der Waals surface area contributed by atoms with E-state index in [1.54, 1.807) is 0 Å². The molecule has 0 aliphatic carbocycles. The monoisotopic (exact) mass is 240 g/mol. The average Bonchev–Trinajstić information content (AvgIpc) is 2.37. The van der Waals surface area contributed by atoms with Crippen molar-refractivity contribution in [3.05, 3.63) is 41.7 Å². The van der Waals surface area contributed by atoms with Crippen LogP contribution in [-0.2, 0) is 0 Å². The van der Waals surface area contributed by atoms with Crippen molar-refractivity contribution in [1.82, 2.24) is 0 Å². The maximum atomic E-state index is 5.84. The molecule has 1 aromatic rings. The van der Waals surface area contributed by atoms with Gasteiger partial charge in [-0.2, -0.15) is 0 Å². The summed E-state index contributed by atoms with van der Waals surface area (Å²) in [6.45, 7) is 13.3. The highest BCUT2D eigenvalue weighted by Gasteiger charge is 2.20. The second kappa shape index (κ2) is 5.05. The van der Waals surface area contributed by atoms with Crippen molar-refractivity contribution in [3.8, 4) is 5.75 Å². The molecule has 2 heteroatoms. The molecule has 0 fully saturated rings. The van der Waals surface area contributed by atoms with Gasteiger partial charge in [0.1, 0.15) is 11.5 Å². The van der Waals surface area contributed by atoms with Crippen molar-refractivity contribution < 1.29 is 4.74 Å². The smallest absolute Gasteiger partial charge is 0.175 e. The zero-order valence-corrected chi connectivity index (χ0v) is 11.8. The van der Waals surface area contributed by atoms with Gasteiger partial charge in [-0.25, -0.2) is 0 Å². The molecule has 0 unspecified atom stereocenters. The summed E-state index contributed by atoms with van der Waals surface area (Å²) in [6.07, 6.45) is 2.34. The van der Waals surface area contributed by atoms with Crippen LogP contribution >= 0.6 is 0 Å². The molecule has 18 heavy (non-hydrogen) atoms. The van der Waals surface area contributed by atoms with Crippen LogP contribution in [0.4, 0.5) is 0 Å². The van der Waals surface area contributed by atoms with Crippen molar-refractivity contribution in [3.63, 3.8) is 0 Å². The topological polar surface area (TPSA) is 9.23 Å². The molecule has 0 saturated heterocycles. The van der Waals surface area contributed by atoms with Crippen LogP contribution in [0.5, 0.6) is 5.75 Å². The van der Waals surface area contributed by atoms with Gasteiger partial charge >= 0.3 is 0 Å². The normalized spacial score (nSPS) is 14.3. The van der Waals surface area contributed by atoms with Gasteiger partial charge in [0.2, 0.25) is 0 Å². The highest BCUT2D eigenvalue weighted by atomic mass is 16.5. The molecule has 0 aromatic heterocycles. The lowest BCUT2D eigenvalue weighted by Crippen LogP contribution is -2.28. The van der Waals surface area contributed by atoms with Crippen molar-refractivity contribution in [1.29, 1.82) is 0 Å². The molecule has 1 aromatic carbocycles. The van der Waals surface area contributed by atoms with Gasteiger partial charge in [-0.15, -0.1) is 0 Å². The van der Waals surface area contributed by atoms with E-state index in [1.165, 1.54) is 29.2 Å². The minimum atomic E-state index is 0.625. The Bertz CT molecular complexity index is 510. The summed E-state index contributed by atoms with van der Waals surface area (Å²) in [4.78, 5) is 0. The predicted octanol–water partition coefficient (Wildman–Crippen LogP) is 4.13. The van der Waals surface area contributed by atoms with E-state index in [9.17, 15) is 0 Å². The van der Waals surface area contributed by atoms with Crippen LogP contribution in [0.25, 0.3) is 5.57 Å². The third-order valence-corrected chi connectivity index (χ3v) is 4.08. The van der Waals surface area contributed by atoms with Gasteiger partial charge in [-0.1, -0.05) is 50.7 Å². The largest absolute Gasteiger partial charge is 0.457 e. The molecule has 2 rings (SSSR count). The lowest BCUT2D eigenvalue weighted by molar-refractivity contribution is 0.432. The fourth-order valence-electron chi connectivity index (χ4n) is 2.57. The Morgan fingerprint density at radius 3 is 2.39 bits per heavy atom. The van der Waals surface area contributed by atoms with Crippen molar-refractivity contribution >= 4 is 17.7 Å². The molecule has 1 aliphatic heterocycles. The number of fused-ring (bicyclic) bond motifs is 1. The summed E-state index contributed by atoms with van der Waals surface area (Å²) in [5.74, 6) is 1.74. The molecular weight excluding hydrogens is 219 g/mol. The van der Waals surface area contributed by atoms with Crippen LogP contribution < -0.4 is 10.2 Å². The maximum absolute atomic E-state index is 5.84. The first kappa shape index (κ1) is 13.0. The summed E-state index contributed by atoms with van der Waals surface area (Å²) in [5, 5.41) is 0. The zero-order chi connectivity index (χ0) is 13.3. The maximum Gasteiger partial charge on any atom is 0.175 e. The van der Waals surface area contributed by atoms with Crippen LogP contribution in [0.3, 0.4) is 0 Å². The Kier molecular flexibility index (Phi) is 3.65. The van der Waals surface area contributed by atoms with Gasteiger partial charge in [0.25, 0.3) is 0 Å². The highest BCUT2D eigenvalue weighted by molar-refractivity contribution is 6.73. The highest BCUT2D eigenvalue weighted by Crippen LogP contribution is 2.35. The van der Waals surface area contributed by atoms with Crippen LogP contribution in [0.1, 0.15) is 33.3 Å². The van der Waals surface area contributed by atoms with Gasteiger partial charge in [0.15, 0.2) is 6.71 Å². The van der Waals surface area contributed by atoms with Gasteiger partial charge in [-0.05, 0) is 31.1 Å². The quantitative estimate of drug-likeness (QED) is 0.722. The number of ether oxygens (including phenoxy) is 1. The number of benzene rings is 1. The predicted molar refractivity (Wildman–Crippen MR) is 80.8 cm³/mol. The molecule has 0 N–H and O–H groups in total. The van der Waals surface area contributed by atoms with E-state index >= 15 is 0 Å². The first-order valence-electron chi connectivity index (χ1n) is 6.77. The SMILES string of the molecule is C=C1Oc2cc(B(CC)CC)ccc2C(C)=C1C. The van der Waals surface area contributed by atoms with E-state index in [-0.39, 0.29) is 0 Å².